The molecule has 3 heterocycles. The molecule has 0 aromatic rings. The van der Waals surface area contributed by atoms with Gasteiger partial charge in [0.25, 0.3) is 0 Å². The van der Waals surface area contributed by atoms with Crippen molar-refractivity contribution in [2.24, 2.45) is 11.8 Å². The fraction of sp³-hybridized carbons (Fsp3) is 0.846. The summed E-state index contributed by atoms with van der Waals surface area (Å²) >= 11 is 0. The van der Waals surface area contributed by atoms with E-state index in [1.807, 2.05) is 0 Å². The van der Waals surface area contributed by atoms with Crippen molar-refractivity contribution >= 4 is 11.9 Å². The monoisotopic (exact) mass is 253 g/mol. The third-order valence-corrected chi connectivity index (χ3v) is 4.51. The van der Waals surface area contributed by atoms with Gasteiger partial charge in [-0.2, -0.15) is 0 Å². The van der Waals surface area contributed by atoms with Crippen LogP contribution in [0.25, 0.3) is 0 Å². The predicted octanol–water partition coefficient (Wildman–Crippen LogP) is 0.877. The number of nitrogens with zero attached hydrogens (tertiary/aromatic N) is 1. The van der Waals surface area contributed by atoms with Crippen molar-refractivity contribution in [3.05, 3.63) is 0 Å². The number of hydrogen-bond acceptors (Lipinski definition) is 3. The van der Waals surface area contributed by atoms with Crippen LogP contribution in [0.4, 0.5) is 0 Å². The standard InChI is InChI=1S/C13H19NO4/c15-12(10-6-9-3-4-11(10)18-9)14-5-1-2-8(7-14)13(16)17/h8-11H,1-7H2,(H,16,17)/t8-,9-,10-,11-/m1/s1. The van der Waals surface area contributed by atoms with E-state index in [0.717, 1.165) is 25.7 Å². The number of piperidine rings is 1. The molecule has 0 aliphatic carbocycles. The van der Waals surface area contributed by atoms with Gasteiger partial charge in [-0.25, -0.2) is 0 Å². The molecule has 3 aliphatic heterocycles. The fourth-order valence-corrected chi connectivity index (χ4v) is 3.51. The summed E-state index contributed by atoms with van der Waals surface area (Å²) in [5.41, 5.74) is 0. The summed E-state index contributed by atoms with van der Waals surface area (Å²) in [7, 11) is 0. The Hall–Kier alpha value is -1.10. The van der Waals surface area contributed by atoms with Gasteiger partial charge in [0.1, 0.15) is 0 Å². The second kappa shape index (κ2) is 4.53. The summed E-state index contributed by atoms with van der Waals surface area (Å²) in [4.78, 5) is 25.2. The summed E-state index contributed by atoms with van der Waals surface area (Å²) < 4.78 is 5.71. The summed E-state index contributed by atoms with van der Waals surface area (Å²) in [5.74, 6) is -1.07. The highest BCUT2D eigenvalue weighted by molar-refractivity contribution is 5.81. The summed E-state index contributed by atoms with van der Waals surface area (Å²) in [6.45, 7) is 1.08. The molecule has 18 heavy (non-hydrogen) atoms. The minimum Gasteiger partial charge on any atom is -0.481 e. The minimum atomic E-state index is -0.781. The van der Waals surface area contributed by atoms with Crippen LogP contribution >= 0.6 is 0 Å². The molecule has 0 aromatic carbocycles. The quantitative estimate of drug-likeness (QED) is 0.793. The van der Waals surface area contributed by atoms with Crippen LogP contribution in [0.5, 0.6) is 0 Å². The van der Waals surface area contributed by atoms with E-state index in [2.05, 4.69) is 0 Å². The van der Waals surface area contributed by atoms with Crippen molar-refractivity contribution in [3.63, 3.8) is 0 Å². The van der Waals surface area contributed by atoms with Crippen LogP contribution in [0.3, 0.4) is 0 Å². The molecule has 1 N–H and O–H groups in total. The van der Waals surface area contributed by atoms with Gasteiger partial charge in [-0.05, 0) is 32.1 Å². The first-order valence-electron chi connectivity index (χ1n) is 6.82. The molecule has 5 heteroatoms. The maximum atomic E-state index is 12.4. The van der Waals surface area contributed by atoms with Crippen molar-refractivity contribution in [1.82, 2.24) is 4.90 Å². The molecule has 5 nitrogen and oxygen atoms in total. The van der Waals surface area contributed by atoms with Crippen LogP contribution < -0.4 is 0 Å². The Morgan fingerprint density at radius 2 is 2.06 bits per heavy atom. The molecule has 1 amide bonds. The van der Waals surface area contributed by atoms with E-state index in [9.17, 15) is 9.59 Å². The zero-order chi connectivity index (χ0) is 12.7. The fourth-order valence-electron chi connectivity index (χ4n) is 3.51. The molecule has 3 saturated heterocycles. The number of aliphatic carboxylic acids is 1. The van der Waals surface area contributed by atoms with Crippen molar-refractivity contribution in [2.45, 2.75) is 44.3 Å². The zero-order valence-corrected chi connectivity index (χ0v) is 10.4. The van der Waals surface area contributed by atoms with E-state index in [1.54, 1.807) is 4.90 Å². The molecule has 0 aromatic heterocycles. The maximum absolute atomic E-state index is 12.4. The number of carboxylic acid groups (broad SMARTS) is 1. The zero-order valence-electron chi connectivity index (χ0n) is 10.4. The van der Waals surface area contributed by atoms with E-state index >= 15 is 0 Å². The number of fused-ring (bicyclic) bond motifs is 2. The number of likely N-dealkylation sites (tertiary alicyclic amines) is 1. The molecule has 4 atom stereocenters. The first-order valence-corrected chi connectivity index (χ1v) is 6.82. The number of hydrogen-bond donors (Lipinski definition) is 1. The highest BCUT2D eigenvalue weighted by atomic mass is 16.5. The Kier molecular flexibility index (Phi) is 3.01. The lowest BCUT2D eigenvalue weighted by atomic mass is 9.87. The van der Waals surface area contributed by atoms with Gasteiger partial charge in [0, 0.05) is 13.1 Å². The Morgan fingerprint density at radius 3 is 2.67 bits per heavy atom. The van der Waals surface area contributed by atoms with Gasteiger partial charge in [-0.15, -0.1) is 0 Å². The van der Waals surface area contributed by atoms with Crippen LogP contribution in [0.1, 0.15) is 32.1 Å². The molecule has 0 spiro atoms. The highest BCUT2D eigenvalue weighted by Gasteiger charge is 2.46. The van der Waals surface area contributed by atoms with E-state index in [0.29, 0.717) is 19.5 Å². The average Bonchev–Trinajstić information content (AvgIpc) is 3.00. The van der Waals surface area contributed by atoms with E-state index < -0.39 is 5.97 Å². The molecule has 0 radical (unpaired) electrons. The molecule has 3 fully saturated rings. The maximum Gasteiger partial charge on any atom is 0.308 e. The number of ether oxygens (including phenoxy) is 1. The van der Waals surface area contributed by atoms with Gasteiger partial charge in [0.15, 0.2) is 0 Å². The molecule has 100 valence electrons. The molecular weight excluding hydrogens is 234 g/mol. The van der Waals surface area contributed by atoms with E-state index in [4.69, 9.17) is 9.84 Å². The lowest BCUT2D eigenvalue weighted by Crippen LogP contribution is -2.46. The van der Waals surface area contributed by atoms with Gasteiger partial charge < -0.3 is 14.7 Å². The van der Waals surface area contributed by atoms with Crippen LogP contribution in [0.2, 0.25) is 0 Å². The lowest BCUT2D eigenvalue weighted by Gasteiger charge is -2.33. The topological polar surface area (TPSA) is 66.8 Å². The summed E-state index contributed by atoms with van der Waals surface area (Å²) in [6, 6.07) is 0. The third-order valence-electron chi connectivity index (χ3n) is 4.51. The number of rotatable bonds is 2. The lowest BCUT2D eigenvalue weighted by molar-refractivity contribution is -0.147. The van der Waals surface area contributed by atoms with Gasteiger partial charge in [0.2, 0.25) is 5.91 Å². The van der Waals surface area contributed by atoms with Gasteiger partial charge in [-0.3, -0.25) is 9.59 Å². The first-order chi connectivity index (χ1) is 8.65. The average molecular weight is 253 g/mol. The van der Waals surface area contributed by atoms with Crippen molar-refractivity contribution in [2.75, 3.05) is 13.1 Å². The van der Waals surface area contributed by atoms with Crippen LogP contribution in [0, 0.1) is 11.8 Å². The van der Waals surface area contributed by atoms with Crippen molar-refractivity contribution < 1.29 is 19.4 Å². The van der Waals surface area contributed by atoms with Crippen molar-refractivity contribution in [3.8, 4) is 0 Å². The third kappa shape index (κ3) is 2.00. The number of carbonyl (C=O) groups is 2. The second-order valence-corrected chi connectivity index (χ2v) is 5.68. The highest BCUT2D eigenvalue weighted by Crippen LogP contribution is 2.40. The molecule has 0 saturated carbocycles. The smallest absolute Gasteiger partial charge is 0.308 e. The van der Waals surface area contributed by atoms with Crippen LogP contribution in [0.15, 0.2) is 0 Å². The van der Waals surface area contributed by atoms with Crippen molar-refractivity contribution in [1.29, 1.82) is 0 Å². The summed E-state index contributed by atoms with van der Waals surface area (Å²) in [5, 5.41) is 9.05. The van der Waals surface area contributed by atoms with Gasteiger partial charge in [-0.1, -0.05) is 0 Å². The van der Waals surface area contributed by atoms with E-state index in [-0.39, 0.29) is 30.0 Å². The Morgan fingerprint density at radius 1 is 1.22 bits per heavy atom. The van der Waals surface area contributed by atoms with E-state index in [1.165, 1.54) is 0 Å². The minimum absolute atomic E-state index is 0.0173. The molecule has 2 bridgehead atoms. The van der Waals surface area contributed by atoms with Gasteiger partial charge >= 0.3 is 5.97 Å². The SMILES string of the molecule is O=C(O)[C@@H]1CCCN(C(=O)[C@@H]2C[C@H]3CC[C@H]2O3)C1. The second-order valence-electron chi connectivity index (χ2n) is 5.68. The van der Waals surface area contributed by atoms with Crippen LogP contribution in [-0.2, 0) is 14.3 Å². The normalized spacial score (nSPS) is 39.0. The Bertz CT molecular complexity index is 370. The number of carbonyl (C=O) groups excluding carboxylic acids is 1. The Balaban J connectivity index is 1.64. The molecule has 3 rings (SSSR count). The Labute approximate surface area is 106 Å². The van der Waals surface area contributed by atoms with Crippen LogP contribution in [-0.4, -0.2) is 47.2 Å². The molecular formula is C13H19NO4. The number of carboxylic acids is 1. The first kappa shape index (κ1) is 12.0. The number of amides is 1. The molecule has 3 aliphatic rings. The summed E-state index contributed by atoms with van der Waals surface area (Å²) in [6.07, 6.45) is 4.73. The largest absolute Gasteiger partial charge is 0.481 e. The molecule has 0 unspecified atom stereocenters. The van der Waals surface area contributed by atoms with Gasteiger partial charge in [0.05, 0.1) is 24.0 Å². The predicted molar refractivity (Wildman–Crippen MR) is 62.9 cm³/mol.